The molecule has 7 heteroatoms. The van der Waals surface area contributed by atoms with Crippen LogP contribution in [-0.4, -0.2) is 29.1 Å². The zero-order valence-electron chi connectivity index (χ0n) is 22.7. The maximum atomic E-state index is 11.6. The lowest BCUT2D eigenvalue weighted by molar-refractivity contribution is 0.218. The Morgan fingerprint density at radius 3 is 1.32 bits per heavy atom. The van der Waals surface area contributed by atoms with Crippen molar-refractivity contribution >= 4 is 31.9 Å². The molecule has 2 aliphatic heterocycles. The molecule has 5 nitrogen and oxygen atoms in total. The van der Waals surface area contributed by atoms with Crippen molar-refractivity contribution in [1.29, 1.82) is 0 Å². The van der Waals surface area contributed by atoms with E-state index >= 15 is 0 Å². The maximum absolute atomic E-state index is 11.6. The van der Waals surface area contributed by atoms with E-state index in [4.69, 9.17) is 9.47 Å². The van der Waals surface area contributed by atoms with Crippen molar-refractivity contribution in [2.45, 2.75) is 45.4 Å². The second-order valence-electron chi connectivity index (χ2n) is 10.7. The van der Waals surface area contributed by atoms with Gasteiger partial charge in [0.1, 0.15) is 17.6 Å². The van der Waals surface area contributed by atoms with Crippen molar-refractivity contribution < 1.29 is 14.6 Å². The molecular weight excluding hydrogens is 632 g/mol. The first-order valence-corrected chi connectivity index (χ1v) is 15.0. The number of aliphatic hydroxyl groups excluding tert-OH is 1. The number of rotatable bonds is 8. The molecule has 206 valence electrons. The van der Waals surface area contributed by atoms with Gasteiger partial charge in [0, 0.05) is 48.2 Å². The van der Waals surface area contributed by atoms with E-state index in [9.17, 15) is 5.11 Å². The van der Waals surface area contributed by atoms with Gasteiger partial charge in [-0.3, -0.25) is 9.80 Å². The van der Waals surface area contributed by atoms with Gasteiger partial charge >= 0.3 is 0 Å². The molecule has 0 atom stereocenters. The average Bonchev–Trinajstić information content (AvgIpc) is 3.54. The van der Waals surface area contributed by atoms with Crippen LogP contribution in [0.3, 0.4) is 0 Å². The van der Waals surface area contributed by atoms with Crippen LogP contribution in [0.2, 0.25) is 0 Å². The molecule has 0 aliphatic carbocycles. The van der Waals surface area contributed by atoms with Crippen molar-refractivity contribution in [3.8, 4) is 11.5 Å². The van der Waals surface area contributed by atoms with Crippen molar-refractivity contribution in [2.75, 3.05) is 14.2 Å². The number of nitrogens with zero attached hydrogens (tertiary/aromatic N) is 2. The minimum absolute atomic E-state index is 0.731. The molecule has 0 bridgehead atoms. The van der Waals surface area contributed by atoms with E-state index in [1.54, 1.807) is 14.2 Å². The van der Waals surface area contributed by atoms with Gasteiger partial charge < -0.3 is 14.6 Å². The highest BCUT2D eigenvalue weighted by atomic mass is 79.9. The van der Waals surface area contributed by atoms with Crippen LogP contribution >= 0.6 is 31.9 Å². The highest BCUT2D eigenvalue weighted by Crippen LogP contribution is 2.39. The zero-order valence-corrected chi connectivity index (χ0v) is 25.8. The molecule has 0 saturated heterocycles. The predicted molar refractivity (Wildman–Crippen MR) is 164 cm³/mol. The third kappa shape index (κ3) is 5.71. The minimum Gasteiger partial charge on any atom is -0.497 e. The van der Waals surface area contributed by atoms with Gasteiger partial charge in [-0.2, -0.15) is 0 Å². The lowest BCUT2D eigenvalue weighted by Crippen LogP contribution is -2.15. The van der Waals surface area contributed by atoms with Gasteiger partial charge in [-0.25, -0.2) is 0 Å². The molecule has 0 spiro atoms. The fraction of sp³-hybridized carbons (Fsp3) is 0.273. The topological polar surface area (TPSA) is 45.2 Å². The molecule has 2 heterocycles. The van der Waals surface area contributed by atoms with Crippen LogP contribution in [0.25, 0.3) is 0 Å². The molecular formula is C33H32Br2N2O3. The first-order chi connectivity index (χ1) is 19.4. The van der Waals surface area contributed by atoms with Gasteiger partial charge in [-0.05, 0) is 80.9 Å². The van der Waals surface area contributed by atoms with Gasteiger partial charge in [0.15, 0.2) is 0 Å². The summed E-state index contributed by atoms with van der Waals surface area (Å²) < 4.78 is 12.5. The standard InChI is InChI=1S/C33H32Br2N2O3/c1-39-27-7-3-21(4-8-27)15-36-17-23-11-29(31(34)13-25(23)19-36)33(38)30-12-24-18-37(20-26(24)14-32(30)35)16-22-5-9-28(40-2)10-6-22/h3-14,33,38H,15-20H2,1-2H3. The van der Waals surface area contributed by atoms with Crippen molar-refractivity contribution in [3.63, 3.8) is 0 Å². The van der Waals surface area contributed by atoms with Gasteiger partial charge in [0.25, 0.3) is 0 Å². The Bertz CT molecular complexity index is 1410. The monoisotopic (exact) mass is 662 g/mol. The number of fused-ring (bicyclic) bond motifs is 2. The number of methoxy groups -OCH3 is 2. The Hall–Kier alpha value is -2.68. The molecule has 40 heavy (non-hydrogen) atoms. The minimum atomic E-state index is -0.731. The molecule has 2 aliphatic rings. The lowest BCUT2D eigenvalue weighted by Gasteiger charge is -2.18. The highest BCUT2D eigenvalue weighted by molar-refractivity contribution is 9.10. The van der Waals surface area contributed by atoms with Crippen LogP contribution in [-0.2, 0) is 39.3 Å². The quantitative estimate of drug-likeness (QED) is 0.214. The summed E-state index contributed by atoms with van der Waals surface area (Å²) in [6.45, 7) is 5.25. The molecule has 0 fully saturated rings. The van der Waals surface area contributed by atoms with E-state index < -0.39 is 6.10 Å². The zero-order chi connectivity index (χ0) is 27.8. The summed E-state index contributed by atoms with van der Waals surface area (Å²) in [5.41, 5.74) is 9.48. The molecule has 0 radical (unpaired) electrons. The average molecular weight is 664 g/mol. The van der Waals surface area contributed by atoms with Crippen LogP contribution in [0.5, 0.6) is 11.5 Å². The van der Waals surface area contributed by atoms with E-state index in [1.807, 2.05) is 24.3 Å². The SMILES string of the molecule is COc1ccc(CN2Cc3cc(Br)c(C(O)c4cc5c(cc4Br)CN(Cc4ccc(OC)cc4)C5)cc3C2)cc1. The molecule has 0 aromatic heterocycles. The molecule has 4 aromatic carbocycles. The number of ether oxygens (including phenoxy) is 2. The summed E-state index contributed by atoms with van der Waals surface area (Å²) >= 11 is 7.54. The number of hydrogen-bond acceptors (Lipinski definition) is 5. The number of aliphatic hydroxyl groups is 1. The van der Waals surface area contributed by atoms with E-state index in [0.29, 0.717) is 0 Å². The van der Waals surface area contributed by atoms with Gasteiger partial charge in [-0.15, -0.1) is 0 Å². The Morgan fingerprint density at radius 1 is 0.625 bits per heavy atom. The summed E-state index contributed by atoms with van der Waals surface area (Å²) in [5, 5.41) is 11.6. The second-order valence-corrected chi connectivity index (χ2v) is 12.4. The van der Waals surface area contributed by atoms with Crippen molar-refractivity contribution in [2.24, 2.45) is 0 Å². The normalized spacial score (nSPS) is 14.9. The number of hydrogen-bond donors (Lipinski definition) is 1. The molecule has 0 unspecified atom stereocenters. The summed E-state index contributed by atoms with van der Waals surface area (Å²) in [7, 11) is 3.38. The third-order valence-electron chi connectivity index (χ3n) is 7.93. The summed E-state index contributed by atoms with van der Waals surface area (Å²) in [6.07, 6.45) is -0.731. The summed E-state index contributed by atoms with van der Waals surface area (Å²) in [4.78, 5) is 4.86. The smallest absolute Gasteiger partial charge is 0.118 e. The first-order valence-electron chi connectivity index (χ1n) is 13.4. The van der Waals surface area contributed by atoms with E-state index in [2.05, 4.69) is 90.2 Å². The van der Waals surface area contributed by atoms with Crippen molar-refractivity contribution in [3.05, 3.63) is 126 Å². The Kier molecular flexibility index (Phi) is 8.02. The van der Waals surface area contributed by atoms with E-state index in [1.165, 1.54) is 33.4 Å². The van der Waals surface area contributed by atoms with Crippen molar-refractivity contribution in [1.82, 2.24) is 9.80 Å². The van der Waals surface area contributed by atoms with Gasteiger partial charge in [0.2, 0.25) is 0 Å². The molecule has 4 aromatic rings. The van der Waals surface area contributed by atoms with E-state index in [0.717, 1.165) is 70.8 Å². The van der Waals surface area contributed by atoms with Crippen LogP contribution < -0.4 is 9.47 Å². The maximum Gasteiger partial charge on any atom is 0.118 e. The first kappa shape index (κ1) is 27.5. The molecule has 0 amide bonds. The Labute approximate surface area is 252 Å². The molecule has 1 N–H and O–H groups in total. The summed E-state index contributed by atoms with van der Waals surface area (Å²) in [5.74, 6) is 1.75. The Balaban J connectivity index is 1.16. The highest BCUT2D eigenvalue weighted by Gasteiger charge is 2.27. The second kappa shape index (κ2) is 11.7. The van der Waals surface area contributed by atoms with Gasteiger partial charge in [-0.1, -0.05) is 68.3 Å². The lowest BCUT2D eigenvalue weighted by atomic mass is 9.95. The summed E-state index contributed by atoms with van der Waals surface area (Å²) in [6, 6.07) is 25.2. The number of benzene rings is 4. The Morgan fingerprint density at radius 2 is 0.975 bits per heavy atom. The largest absolute Gasteiger partial charge is 0.497 e. The molecule has 0 saturated carbocycles. The van der Waals surface area contributed by atoms with Gasteiger partial charge in [0.05, 0.1) is 14.2 Å². The number of halogens is 2. The predicted octanol–water partition coefficient (Wildman–Crippen LogP) is 7.34. The fourth-order valence-corrected chi connectivity index (χ4v) is 7.02. The molecule has 6 rings (SSSR count). The van der Waals surface area contributed by atoms with Crippen LogP contribution in [0.4, 0.5) is 0 Å². The van der Waals surface area contributed by atoms with Crippen LogP contribution in [0.1, 0.15) is 50.6 Å². The van der Waals surface area contributed by atoms with Crippen LogP contribution in [0.15, 0.2) is 81.7 Å². The van der Waals surface area contributed by atoms with E-state index in [-0.39, 0.29) is 0 Å². The van der Waals surface area contributed by atoms with Crippen LogP contribution in [0, 0.1) is 0 Å². The third-order valence-corrected chi connectivity index (χ3v) is 9.31. The fourth-order valence-electron chi connectivity index (χ4n) is 5.81.